The summed E-state index contributed by atoms with van der Waals surface area (Å²) in [5.41, 5.74) is 6.18. The zero-order valence-corrected chi connectivity index (χ0v) is 15.5. The minimum absolute atomic E-state index is 0.522. The molecule has 1 spiro atoms. The molecule has 0 bridgehead atoms. The summed E-state index contributed by atoms with van der Waals surface area (Å²) in [6, 6.07) is 30.3. The monoisotopic (exact) mass is 376 g/mol. The van der Waals surface area contributed by atoms with E-state index in [-0.39, 0.29) is 0 Å². The van der Waals surface area contributed by atoms with Crippen LogP contribution in [0.2, 0.25) is 0 Å². The number of hydrogen-bond donors (Lipinski definition) is 2. The Kier molecular flexibility index (Phi) is 3.34. The van der Waals surface area contributed by atoms with Crippen molar-refractivity contribution in [1.29, 1.82) is 0 Å². The minimum atomic E-state index is -1.54. The van der Waals surface area contributed by atoms with Crippen LogP contribution in [0.15, 0.2) is 91.0 Å². The molecule has 138 valence electrons. The minimum Gasteiger partial charge on any atom is -0.457 e. The van der Waals surface area contributed by atoms with E-state index in [4.69, 9.17) is 4.74 Å². The first kappa shape index (κ1) is 16.6. The Hall–Kier alpha value is -3.34. The Morgan fingerprint density at radius 1 is 0.586 bits per heavy atom. The molecule has 0 unspecified atom stereocenters. The Morgan fingerprint density at radius 2 is 1.14 bits per heavy atom. The highest BCUT2D eigenvalue weighted by molar-refractivity contribution is 6.60. The molecule has 4 aromatic rings. The van der Waals surface area contributed by atoms with E-state index in [1.54, 1.807) is 6.07 Å². The molecular formula is C25H17BO3. The lowest BCUT2D eigenvalue weighted by Crippen LogP contribution is -2.35. The summed E-state index contributed by atoms with van der Waals surface area (Å²) in [6.45, 7) is 0. The summed E-state index contributed by atoms with van der Waals surface area (Å²) in [6.07, 6.45) is 0. The Balaban J connectivity index is 1.85. The van der Waals surface area contributed by atoms with E-state index in [1.807, 2.05) is 54.6 Å². The predicted octanol–water partition coefficient (Wildman–Crippen LogP) is 3.84. The molecule has 0 aromatic heterocycles. The van der Waals surface area contributed by atoms with Crippen molar-refractivity contribution in [2.75, 3.05) is 0 Å². The highest BCUT2D eigenvalue weighted by atomic mass is 16.5. The second-order valence-electron chi connectivity index (χ2n) is 7.53. The van der Waals surface area contributed by atoms with Crippen molar-refractivity contribution in [3.05, 3.63) is 113 Å². The molecule has 0 saturated carbocycles. The fourth-order valence-electron chi connectivity index (χ4n) is 5.15. The summed E-state index contributed by atoms with van der Waals surface area (Å²) >= 11 is 0. The van der Waals surface area contributed by atoms with Crippen LogP contribution < -0.4 is 10.2 Å². The van der Waals surface area contributed by atoms with Gasteiger partial charge in [-0.2, -0.15) is 0 Å². The molecule has 3 nitrogen and oxygen atoms in total. The molecule has 6 rings (SSSR count). The molecule has 1 heterocycles. The SMILES string of the molecule is OB(O)c1cccc2c1-c1ccccc1C21c2ccccc2Oc2ccccc21. The molecule has 4 heteroatoms. The number of fused-ring (bicyclic) bond motifs is 9. The van der Waals surface area contributed by atoms with Gasteiger partial charge in [0.15, 0.2) is 0 Å². The summed E-state index contributed by atoms with van der Waals surface area (Å²) in [4.78, 5) is 0. The molecule has 2 N–H and O–H groups in total. The number of benzene rings is 4. The van der Waals surface area contributed by atoms with Crippen molar-refractivity contribution in [3.8, 4) is 22.6 Å². The molecule has 1 aliphatic heterocycles. The maximum atomic E-state index is 10.1. The smallest absolute Gasteiger partial charge is 0.457 e. The van der Waals surface area contributed by atoms with Gasteiger partial charge in [0.2, 0.25) is 0 Å². The summed E-state index contributed by atoms with van der Waals surface area (Å²) in [7, 11) is -1.54. The maximum absolute atomic E-state index is 10.1. The fraction of sp³-hybridized carbons (Fsp3) is 0.0400. The van der Waals surface area contributed by atoms with Gasteiger partial charge >= 0.3 is 7.12 Å². The van der Waals surface area contributed by atoms with E-state index in [1.165, 1.54) is 0 Å². The van der Waals surface area contributed by atoms with Crippen LogP contribution in [0.5, 0.6) is 11.5 Å². The van der Waals surface area contributed by atoms with Gasteiger partial charge in [-0.05, 0) is 39.8 Å². The Bertz CT molecular complexity index is 1230. The van der Waals surface area contributed by atoms with Crippen molar-refractivity contribution < 1.29 is 14.8 Å². The first-order valence-electron chi connectivity index (χ1n) is 9.69. The molecule has 0 fully saturated rings. The lowest BCUT2D eigenvalue weighted by Gasteiger charge is -2.39. The van der Waals surface area contributed by atoms with Crippen LogP contribution in [0.1, 0.15) is 22.3 Å². The van der Waals surface area contributed by atoms with Crippen LogP contribution in [0.25, 0.3) is 11.1 Å². The lowest BCUT2D eigenvalue weighted by molar-refractivity contribution is 0.426. The number of rotatable bonds is 1. The van der Waals surface area contributed by atoms with Gasteiger partial charge in [-0.15, -0.1) is 0 Å². The Labute approximate surface area is 169 Å². The van der Waals surface area contributed by atoms with Crippen LogP contribution in [0.3, 0.4) is 0 Å². The zero-order valence-electron chi connectivity index (χ0n) is 15.5. The fourth-order valence-corrected chi connectivity index (χ4v) is 5.15. The summed E-state index contributed by atoms with van der Waals surface area (Å²) in [5, 5.41) is 20.2. The van der Waals surface area contributed by atoms with E-state index in [0.29, 0.717) is 5.46 Å². The number of ether oxygens (including phenoxy) is 1. The first-order valence-corrected chi connectivity index (χ1v) is 9.69. The molecule has 1 aliphatic carbocycles. The predicted molar refractivity (Wildman–Crippen MR) is 114 cm³/mol. The van der Waals surface area contributed by atoms with E-state index < -0.39 is 12.5 Å². The van der Waals surface area contributed by atoms with Gasteiger partial charge in [-0.3, -0.25) is 0 Å². The third-order valence-electron chi connectivity index (χ3n) is 6.18. The summed E-state index contributed by atoms with van der Waals surface area (Å²) in [5.74, 6) is 1.65. The van der Waals surface area contributed by atoms with E-state index >= 15 is 0 Å². The van der Waals surface area contributed by atoms with Gasteiger partial charge in [0, 0.05) is 11.1 Å². The second kappa shape index (κ2) is 5.83. The second-order valence-corrected chi connectivity index (χ2v) is 7.53. The molecule has 2 aliphatic rings. The van der Waals surface area contributed by atoms with E-state index in [2.05, 4.69) is 30.3 Å². The van der Waals surface area contributed by atoms with Crippen molar-refractivity contribution in [2.24, 2.45) is 0 Å². The highest BCUT2D eigenvalue weighted by Crippen LogP contribution is 2.61. The van der Waals surface area contributed by atoms with Crippen molar-refractivity contribution in [2.45, 2.75) is 5.41 Å². The van der Waals surface area contributed by atoms with Gasteiger partial charge < -0.3 is 14.8 Å². The highest BCUT2D eigenvalue weighted by Gasteiger charge is 2.51. The summed E-state index contributed by atoms with van der Waals surface area (Å²) < 4.78 is 6.27. The largest absolute Gasteiger partial charge is 0.489 e. The topological polar surface area (TPSA) is 49.7 Å². The van der Waals surface area contributed by atoms with Crippen LogP contribution >= 0.6 is 0 Å². The lowest BCUT2D eigenvalue weighted by atomic mass is 9.65. The number of para-hydroxylation sites is 2. The van der Waals surface area contributed by atoms with Crippen molar-refractivity contribution in [1.82, 2.24) is 0 Å². The Morgan fingerprint density at radius 3 is 1.79 bits per heavy atom. The average Bonchev–Trinajstić information content (AvgIpc) is 3.05. The third kappa shape index (κ3) is 2.00. The third-order valence-corrected chi connectivity index (χ3v) is 6.18. The van der Waals surface area contributed by atoms with Crippen LogP contribution in [0.4, 0.5) is 0 Å². The van der Waals surface area contributed by atoms with E-state index in [0.717, 1.165) is 44.9 Å². The van der Waals surface area contributed by atoms with Gasteiger partial charge in [-0.1, -0.05) is 78.9 Å². The first-order chi connectivity index (χ1) is 14.2. The van der Waals surface area contributed by atoms with Gasteiger partial charge in [0.25, 0.3) is 0 Å². The van der Waals surface area contributed by atoms with Crippen molar-refractivity contribution >= 4 is 12.6 Å². The van der Waals surface area contributed by atoms with E-state index in [9.17, 15) is 10.0 Å². The maximum Gasteiger partial charge on any atom is 0.489 e. The average molecular weight is 376 g/mol. The van der Waals surface area contributed by atoms with Crippen LogP contribution in [-0.2, 0) is 5.41 Å². The molecule has 29 heavy (non-hydrogen) atoms. The molecular weight excluding hydrogens is 359 g/mol. The van der Waals surface area contributed by atoms with Gasteiger partial charge in [-0.25, -0.2) is 0 Å². The molecule has 0 saturated heterocycles. The standard InChI is InChI=1S/C25H17BO3/c27-26(28)21-13-7-12-20-24(21)16-8-1-2-9-17(16)25(20)18-10-3-5-14-22(18)29-23-15-6-4-11-19(23)25/h1-15,27-28H. The molecule has 0 amide bonds. The molecule has 4 aromatic carbocycles. The van der Waals surface area contributed by atoms with Crippen LogP contribution in [0, 0.1) is 0 Å². The number of hydrogen-bond acceptors (Lipinski definition) is 3. The zero-order chi connectivity index (χ0) is 19.6. The van der Waals surface area contributed by atoms with Gasteiger partial charge in [0.1, 0.15) is 11.5 Å². The van der Waals surface area contributed by atoms with Crippen LogP contribution in [-0.4, -0.2) is 17.2 Å². The molecule has 0 radical (unpaired) electrons. The van der Waals surface area contributed by atoms with Gasteiger partial charge in [0.05, 0.1) is 5.41 Å². The van der Waals surface area contributed by atoms with Crippen molar-refractivity contribution in [3.63, 3.8) is 0 Å². The quantitative estimate of drug-likeness (QED) is 0.429. The normalized spacial score (nSPS) is 14.4. The molecule has 0 atom stereocenters.